The van der Waals surface area contributed by atoms with Gasteiger partial charge in [0.05, 0.1) is 15.5 Å². The van der Waals surface area contributed by atoms with Crippen LogP contribution >= 0.6 is 15.9 Å². The van der Waals surface area contributed by atoms with Crippen LogP contribution in [0.2, 0.25) is 0 Å². The van der Waals surface area contributed by atoms with Crippen molar-refractivity contribution in [1.82, 2.24) is 9.97 Å². The zero-order valence-electron chi connectivity index (χ0n) is 12.0. The molecule has 0 aliphatic carbocycles. The third-order valence-electron chi connectivity index (χ3n) is 3.65. The average molecular weight is 366 g/mol. The van der Waals surface area contributed by atoms with Gasteiger partial charge in [0.1, 0.15) is 11.5 Å². The lowest BCUT2D eigenvalue weighted by molar-refractivity contribution is 0.455. The van der Waals surface area contributed by atoms with Gasteiger partial charge in [-0.3, -0.25) is 0 Å². The first-order valence-electron chi connectivity index (χ1n) is 7.12. The SMILES string of the molecule is Oc1nc(-c2ccccc2)[nH]c1/C=C1\N=c2ccccc2=C1Br. The van der Waals surface area contributed by atoms with E-state index in [9.17, 15) is 5.11 Å². The van der Waals surface area contributed by atoms with Gasteiger partial charge in [0.2, 0.25) is 5.88 Å². The number of allylic oxidation sites excluding steroid dienone is 1. The molecule has 1 aliphatic heterocycles. The number of hydrogen-bond acceptors (Lipinski definition) is 3. The summed E-state index contributed by atoms with van der Waals surface area (Å²) in [4.78, 5) is 11.9. The third-order valence-corrected chi connectivity index (χ3v) is 4.48. The number of hydrogen-bond donors (Lipinski definition) is 2. The Hall–Kier alpha value is -2.66. The number of nitrogens with zero attached hydrogens (tertiary/aromatic N) is 2. The lowest BCUT2D eigenvalue weighted by atomic mass is 10.2. The second kappa shape index (κ2) is 5.52. The lowest BCUT2D eigenvalue weighted by Crippen LogP contribution is -2.20. The summed E-state index contributed by atoms with van der Waals surface area (Å²) in [6.07, 6.45) is 1.79. The molecule has 112 valence electrons. The first kappa shape index (κ1) is 14.0. The van der Waals surface area contributed by atoms with E-state index >= 15 is 0 Å². The number of imidazole rings is 1. The van der Waals surface area contributed by atoms with Crippen molar-refractivity contribution in [3.8, 4) is 17.3 Å². The quantitative estimate of drug-likeness (QED) is 0.733. The van der Waals surface area contributed by atoms with E-state index in [1.165, 1.54) is 0 Å². The van der Waals surface area contributed by atoms with Gasteiger partial charge in [-0.15, -0.1) is 0 Å². The van der Waals surface area contributed by atoms with Crippen molar-refractivity contribution in [2.75, 3.05) is 0 Å². The number of fused-ring (bicyclic) bond motifs is 1. The molecule has 1 aromatic heterocycles. The van der Waals surface area contributed by atoms with E-state index in [2.05, 4.69) is 30.9 Å². The molecule has 3 aromatic rings. The van der Waals surface area contributed by atoms with Crippen LogP contribution in [-0.2, 0) is 0 Å². The molecule has 0 unspecified atom stereocenters. The van der Waals surface area contributed by atoms with Crippen LogP contribution in [0.5, 0.6) is 5.88 Å². The van der Waals surface area contributed by atoms with Crippen LogP contribution in [0.25, 0.3) is 21.9 Å². The van der Waals surface area contributed by atoms with Gasteiger partial charge < -0.3 is 10.1 Å². The molecule has 0 saturated heterocycles. The smallest absolute Gasteiger partial charge is 0.237 e. The van der Waals surface area contributed by atoms with Crippen molar-refractivity contribution in [3.63, 3.8) is 0 Å². The van der Waals surface area contributed by atoms with Gasteiger partial charge >= 0.3 is 0 Å². The molecule has 4 rings (SSSR count). The lowest BCUT2D eigenvalue weighted by Gasteiger charge is -1.95. The fraction of sp³-hybridized carbons (Fsp3) is 0. The number of aromatic amines is 1. The molecule has 23 heavy (non-hydrogen) atoms. The van der Waals surface area contributed by atoms with Crippen LogP contribution < -0.4 is 10.6 Å². The fourth-order valence-electron chi connectivity index (χ4n) is 2.52. The second-order valence-corrected chi connectivity index (χ2v) is 5.95. The molecule has 0 amide bonds. The minimum Gasteiger partial charge on any atom is -0.492 e. The highest BCUT2D eigenvalue weighted by molar-refractivity contribution is 9.15. The Balaban J connectivity index is 1.79. The maximum absolute atomic E-state index is 10.1. The first-order valence-corrected chi connectivity index (χ1v) is 7.92. The number of H-pyrrole nitrogens is 1. The van der Waals surface area contributed by atoms with E-state index in [-0.39, 0.29) is 5.88 Å². The number of benzene rings is 2. The van der Waals surface area contributed by atoms with Gasteiger partial charge in [-0.1, -0.05) is 48.5 Å². The summed E-state index contributed by atoms with van der Waals surface area (Å²) in [6.45, 7) is 0. The van der Waals surface area contributed by atoms with Crippen molar-refractivity contribution in [2.24, 2.45) is 4.99 Å². The summed E-state index contributed by atoms with van der Waals surface area (Å²) < 4.78 is 0.906. The number of aromatic hydroxyl groups is 1. The summed E-state index contributed by atoms with van der Waals surface area (Å²) in [5, 5.41) is 12.1. The molecule has 2 aromatic carbocycles. The number of para-hydroxylation sites is 1. The van der Waals surface area contributed by atoms with E-state index in [4.69, 9.17) is 0 Å². The molecule has 0 fully saturated rings. The average Bonchev–Trinajstić information content (AvgIpc) is 3.10. The van der Waals surface area contributed by atoms with Crippen LogP contribution in [0.3, 0.4) is 0 Å². The van der Waals surface area contributed by atoms with Gasteiger partial charge in [-0.2, -0.15) is 4.98 Å². The molecule has 2 N–H and O–H groups in total. The van der Waals surface area contributed by atoms with Gasteiger partial charge in [0, 0.05) is 10.8 Å². The van der Waals surface area contributed by atoms with Crippen LogP contribution in [0.15, 0.2) is 65.3 Å². The van der Waals surface area contributed by atoms with Gasteiger partial charge in [-0.05, 0) is 28.1 Å². The van der Waals surface area contributed by atoms with E-state index in [1.807, 2.05) is 54.6 Å². The number of aromatic nitrogens is 2. The molecule has 0 saturated carbocycles. The van der Waals surface area contributed by atoms with Crippen molar-refractivity contribution >= 4 is 26.5 Å². The van der Waals surface area contributed by atoms with Crippen molar-refractivity contribution in [2.45, 2.75) is 0 Å². The molecule has 4 nitrogen and oxygen atoms in total. The van der Waals surface area contributed by atoms with Gasteiger partial charge in [0.25, 0.3) is 0 Å². The molecular formula is C18H12BrN3O. The standard InChI is InChI=1S/C18H12BrN3O/c19-16-12-8-4-5-9-13(12)20-14(16)10-15-18(23)22-17(21-15)11-6-2-1-3-7-11/h1-10,23H,(H,21,22)/b14-10-. The Morgan fingerprint density at radius 2 is 1.74 bits per heavy atom. The highest BCUT2D eigenvalue weighted by Gasteiger charge is 2.13. The molecule has 1 aliphatic rings. The summed E-state index contributed by atoms with van der Waals surface area (Å²) in [5.74, 6) is 0.587. The Morgan fingerprint density at radius 3 is 2.52 bits per heavy atom. The topological polar surface area (TPSA) is 61.3 Å². The molecule has 0 radical (unpaired) electrons. The Labute approximate surface area is 140 Å². The van der Waals surface area contributed by atoms with Crippen LogP contribution in [0.4, 0.5) is 0 Å². The molecule has 2 heterocycles. The van der Waals surface area contributed by atoms with Gasteiger partial charge in [0.15, 0.2) is 0 Å². The molecule has 0 atom stereocenters. The molecule has 5 heteroatoms. The number of rotatable bonds is 2. The van der Waals surface area contributed by atoms with E-state index in [0.29, 0.717) is 11.5 Å². The Morgan fingerprint density at radius 1 is 1.00 bits per heavy atom. The van der Waals surface area contributed by atoms with Crippen molar-refractivity contribution in [3.05, 3.63) is 76.6 Å². The number of nitrogens with one attached hydrogen (secondary N) is 1. The van der Waals surface area contributed by atoms with Crippen LogP contribution in [0.1, 0.15) is 5.69 Å². The molecule has 0 bridgehead atoms. The van der Waals surface area contributed by atoms with Gasteiger partial charge in [-0.25, -0.2) is 4.99 Å². The molecule has 0 spiro atoms. The largest absolute Gasteiger partial charge is 0.492 e. The predicted molar refractivity (Wildman–Crippen MR) is 93.2 cm³/mol. The molecular weight excluding hydrogens is 354 g/mol. The van der Waals surface area contributed by atoms with Crippen LogP contribution in [-0.4, -0.2) is 15.1 Å². The van der Waals surface area contributed by atoms with Crippen molar-refractivity contribution in [1.29, 1.82) is 0 Å². The summed E-state index contributed by atoms with van der Waals surface area (Å²) >= 11 is 3.58. The predicted octanol–water partition coefficient (Wildman–Crippen LogP) is 2.96. The van der Waals surface area contributed by atoms with Crippen LogP contribution in [0, 0.1) is 0 Å². The normalized spacial score (nSPS) is 14.8. The van der Waals surface area contributed by atoms with Crippen molar-refractivity contribution < 1.29 is 5.11 Å². The first-order chi connectivity index (χ1) is 11.2. The Bertz CT molecular complexity index is 1040. The van der Waals surface area contributed by atoms with E-state index in [1.54, 1.807) is 6.08 Å². The maximum atomic E-state index is 10.1. The van der Waals surface area contributed by atoms with E-state index < -0.39 is 0 Å². The zero-order chi connectivity index (χ0) is 15.8. The summed E-state index contributed by atoms with van der Waals surface area (Å²) in [7, 11) is 0. The third kappa shape index (κ3) is 2.49. The highest BCUT2D eigenvalue weighted by Crippen LogP contribution is 2.27. The highest BCUT2D eigenvalue weighted by atomic mass is 79.9. The minimum absolute atomic E-state index is 0.0391. The Kier molecular flexibility index (Phi) is 3.35. The summed E-state index contributed by atoms with van der Waals surface area (Å²) in [6, 6.07) is 17.6. The van der Waals surface area contributed by atoms with E-state index in [0.717, 1.165) is 26.3 Å². The fourth-order valence-corrected chi connectivity index (χ4v) is 3.06. The summed E-state index contributed by atoms with van der Waals surface area (Å²) in [5.41, 5.74) is 2.21. The minimum atomic E-state index is -0.0391. The monoisotopic (exact) mass is 365 g/mol. The number of halogens is 1. The maximum Gasteiger partial charge on any atom is 0.237 e. The zero-order valence-corrected chi connectivity index (χ0v) is 13.6. The second-order valence-electron chi connectivity index (χ2n) is 5.16.